The van der Waals surface area contributed by atoms with E-state index in [1.807, 2.05) is 19.9 Å². The predicted molar refractivity (Wildman–Crippen MR) is 99.1 cm³/mol. The summed E-state index contributed by atoms with van der Waals surface area (Å²) in [6, 6.07) is 11.7. The first-order valence-corrected chi connectivity index (χ1v) is 8.47. The van der Waals surface area contributed by atoms with Crippen molar-refractivity contribution >= 4 is 23.2 Å². The Bertz CT molecular complexity index is 818. The third kappa shape index (κ3) is 5.30. The summed E-state index contributed by atoms with van der Waals surface area (Å²) in [4.78, 5) is 12.1. The Morgan fingerprint density at radius 3 is 2.38 bits per heavy atom. The van der Waals surface area contributed by atoms with Gasteiger partial charge in [0.1, 0.15) is 5.75 Å². The van der Waals surface area contributed by atoms with Crippen molar-refractivity contribution in [2.24, 2.45) is 0 Å². The number of nitriles is 1. The summed E-state index contributed by atoms with van der Waals surface area (Å²) in [5, 5.41) is 11.8. The minimum absolute atomic E-state index is 0.219. The van der Waals surface area contributed by atoms with E-state index in [1.54, 1.807) is 30.3 Å². The Labute approximate surface area is 157 Å². The van der Waals surface area contributed by atoms with Crippen molar-refractivity contribution in [1.82, 2.24) is 0 Å². The lowest BCUT2D eigenvalue weighted by atomic mass is 10.2. The van der Waals surface area contributed by atoms with Crippen LogP contribution >= 0.6 is 11.6 Å². The number of hydrogen-bond donors (Lipinski definition) is 1. The molecule has 7 heteroatoms. The fourth-order valence-electron chi connectivity index (χ4n) is 2.16. The molecule has 0 aliphatic rings. The van der Waals surface area contributed by atoms with Crippen LogP contribution in [0.3, 0.4) is 0 Å². The van der Waals surface area contributed by atoms with Gasteiger partial charge in [0.25, 0.3) is 5.91 Å². The summed E-state index contributed by atoms with van der Waals surface area (Å²) >= 11 is 6.02. The zero-order valence-corrected chi connectivity index (χ0v) is 15.3. The Hall–Kier alpha value is -2.91. The largest absolute Gasteiger partial charge is 0.490 e. The second-order valence-corrected chi connectivity index (χ2v) is 5.53. The maximum absolute atomic E-state index is 12.1. The Balaban J connectivity index is 1.99. The molecule has 0 saturated carbocycles. The zero-order valence-electron chi connectivity index (χ0n) is 14.5. The van der Waals surface area contributed by atoms with Gasteiger partial charge < -0.3 is 19.5 Å². The summed E-state index contributed by atoms with van der Waals surface area (Å²) in [5.41, 5.74) is 0.987. The first-order chi connectivity index (χ1) is 12.6. The summed E-state index contributed by atoms with van der Waals surface area (Å²) in [6.07, 6.45) is 0. The predicted octanol–water partition coefficient (Wildman–Crippen LogP) is 4.03. The number of rotatable bonds is 8. The number of benzene rings is 2. The molecule has 0 aliphatic carbocycles. The van der Waals surface area contributed by atoms with Crippen LogP contribution in [0.15, 0.2) is 36.4 Å². The van der Waals surface area contributed by atoms with Gasteiger partial charge in [0.2, 0.25) is 0 Å². The molecule has 6 nitrogen and oxygen atoms in total. The molecule has 2 aromatic rings. The summed E-state index contributed by atoms with van der Waals surface area (Å²) in [5.74, 6) is 1.16. The number of anilines is 1. The summed E-state index contributed by atoms with van der Waals surface area (Å²) < 4.78 is 16.4. The average molecular weight is 375 g/mol. The van der Waals surface area contributed by atoms with Gasteiger partial charge >= 0.3 is 0 Å². The molecule has 1 amide bonds. The Morgan fingerprint density at radius 1 is 1.04 bits per heavy atom. The van der Waals surface area contributed by atoms with Crippen LogP contribution in [0.1, 0.15) is 19.4 Å². The first kappa shape index (κ1) is 19.4. The van der Waals surface area contributed by atoms with Crippen LogP contribution in [-0.2, 0) is 4.79 Å². The molecule has 0 unspecified atom stereocenters. The maximum Gasteiger partial charge on any atom is 0.262 e. The van der Waals surface area contributed by atoms with Crippen LogP contribution in [0.5, 0.6) is 17.2 Å². The van der Waals surface area contributed by atoms with E-state index in [2.05, 4.69) is 5.32 Å². The van der Waals surface area contributed by atoms with Gasteiger partial charge in [-0.3, -0.25) is 4.79 Å². The highest BCUT2D eigenvalue weighted by Gasteiger charge is 2.10. The van der Waals surface area contributed by atoms with E-state index >= 15 is 0 Å². The molecule has 0 spiro atoms. The number of amides is 1. The van der Waals surface area contributed by atoms with Gasteiger partial charge in [-0.25, -0.2) is 0 Å². The highest BCUT2D eigenvalue weighted by molar-refractivity contribution is 6.32. The van der Waals surface area contributed by atoms with Crippen LogP contribution in [0, 0.1) is 11.3 Å². The van der Waals surface area contributed by atoms with Gasteiger partial charge in [-0.15, -0.1) is 0 Å². The molecular weight excluding hydrogens is 356 g/mol. The second-order valence-electron chi connectivity index (χ2n) is 5.12. The second kappa shape index (κ2) is 9.54. The van der Waals surface area contributed by atoms with E-state index in [4.69, 9.17) is 31.1 Å². The summed E-state index contributed by atoms with van der Waals surface area (Å²) in [6.45, 7) is 4.54. The zero-order chi connectivity index (χ0) is 18.9. The lowest BCUT2D eigenvalue weighted by Crippen LogP contribution is -2.20. The Kier molecular flexibility index (Phi) is 7.12. The number of halogens is 1. The van der Waals surface area contributed by atoms with E-state index in [1.165, 1.54) is 6.07 Å². The van der Waals surface area contributed by atoms with Crippen LogP contribution in [-0.4, -0.2) is 25.7 Å². The molecule has 26 heavy (non-hydrogen) atoms. The van der Waals surface area contributed by atoms with Crippen LogP contribution in [0.25, 0.3) is 0 Å². The van der Waals surface area contributed by atoms with Crippen molar-refractivity contribution in [1.29, 1.82) is 5.26 Å². The number of hydrogen-bond acceptors (Lipinski definition) is 5. The molecule has 1 N–H and O–H groups in total. The lowest BCUT2D eigenvalue weighted by molar-refractivity contribution is -0.118. The van der Waals surface area contributed by atoms with Crippen LogP contribution in [0.4, 0.5) is 5.69 Å². The minimum atomic E-state index is -0.350. The quantitative estimate of drug-likeness (QED) is 0.754. The van der Waals surface area contributed by atoms with Crippen molar-refractivity contribution in [2.75, 3.05) is 25.1 Å². The molecule has 0 saturated heterocycles. The smallest absolute Gasteiger partial charge is 0.262 e. The maximum atomic E-state index is 12.1. The molecule has 0 aromatic heterocycles. The molecule has 136 valence electrons. The monoisotopic (exact) mass is 374 g/mol. The number of ether oxygens (including phenoxy) is 3. The van der Waals surface area contributed by atoms with E-state index < -0.39 is 0 Å². The van der Waals surface area contributed by atoms with Gasteiger partial charge in [-0.05, 0) is 44.2 Å². The van der Waals surface area contributed by atoms with Crippen molar-refractivity contribution in [3.63, 3.8) is 0 Å². The SMILES string of the molecule is CCOc1ccc(NC(=O)COc2ccc(C#N)cc2Cl)cc1OCC. The molecule has 0 heterocycles. The van der Waals surface area contributed by atoms with Gasteiger partial charge in [-0.1, -0.05) is 11.6 Å². The van der Waals surface area contributed by atoms with Gasteiger partial charge in [0, 0.05) is 11.8 Å². The van der Waals surface area contributed by atoms with Gasteiger partial charge in [-0.2, -0.15) is 5.26 Å². The molecule has 0 aliphatic heterocycles. The van der Waals surface area contributed by atoms with Gasteiger partial charge in [0.15, 0.2) is 18.1 Å². The molecule has 0 radical (unpaired) electrons. The highest BCUT2D eigenvalue weighted by Crippen LogP contribution is 2.30. The first-order valence-electron chi connectivity index (χ1n) is 8.09. The van der Waals surface area contributed by atoms with Crippen LogP contribution in [0.2, 0.25) is 5.02 Å². The molecule has 0 fully saturated rings. The van der Waals surface area contributed by atoms with Crippen LogP contribution < -0.4 is 19.5 Å². The number of carbonyl (C=O) groups is 1. The van der Waals surface area contributed by atoms with Crippen molar-refractivity contribution in [2.45, 2.75) is 13.8 Å². The van der Waals surface area contributed by atoms with Crippen molar-refractivity contribution in [3.8, 4) is 23.3 Å². The number of nitrogens with one attached hydrogen (secondary N) is 1. The topological polar surface area (TPSA) is 80.6 Å². The third-order valence-corrected chi connectivity index (χ3v) is 3.54. The molecule has 2 rings (SSSR count). The van der Waals surface area contributed by atoms with E-state index in [9.17, 15) is 4.79 Å². The Morgan fingerprint density at radius 2 is 1.73 bits per heavy atom. The number of nitrogens with zero attached hydrogens (tertiary/aromatic N) is 1. The van der Waals surface area contributed by atoms with E-state index in [0.717, 1.165) is 0 Å². The van der Waals surface area contributed by atoms with E-state index in [0.29, 0.717) is 41.7 Å². The summed E-state index contributed by atoms with van der Waals surface area (Å²) in [7, 11) is 0. The average Bonchev–Trinajstić information content (AvgIpc) is 2.63. The molecule has 2 aromatic carbocycles. The fourth-order valence-corrected chi connectivity index (χ4v) is 2.39. The van der Waals surface area contributed by atoms with Gasteiger partial charge in [0.05, 0.1) is 29.9 Å². The molecule has 0 bridgehead atoms. The standard InChI is InChI=1S/C19H19ClN2O4/c1-3-24-17-8-6-14(10-18(17)25-4-2)22-19(23)12-26-16-7-5-13(11-21)9-15(16)20/h5-10H,3-4,12H2,1-2H3,(H,22,23). The molecule has 0 atom stereocenters. The van der Waals surface area contributed by atoms with E-state index in [-0.39, 0.29) is 17.5 Å². The molecular formula is C19H19ClN2O4. The highest BCUT2D eigenvalue weighted by atomic mass is 35.5. The fraction of sp³-hybridized carbons (Fsp3) is 0.263. The van der Waals surface area contributed by atoms with Crippen molar-refractivity contribution < 1.29 is 19.0 Å². The number of carbonyl (C=O) groups excluding carboxylic acids is 1. The van der Waals surface area contributed by atoms with Crippen molar-refractivity contribution in [3.05, 3.63) is 47.0 Å². The normalized spacial score (nSPS) is 9.92. The third-order valence-electron chi connectivity index (χ3n) is 3.25. The lowest BCUT2D eigenvalue weighted by Gasteiger charge is -2.13. The minimum Gasteiger partial charge on any atom is -0.490 e.